The third-order valence-corrected chi connectivity index (χ3v) is 3.76. The molecule has 0 aliphatic carbocycles. The third kappa shape index (κ3) is 3.69. The van der Waals surface area contributed by atoms with E-state index in [9.17, 15) is 8.78 Å². The van der Waals surface area contributed by atoms with E-state index in [1.807, 2.05) is 18.2 Å². The van der Waals surface area contributed by atoms with Gasteiger partial charge in [0.1, 0.15) is 0 Å². The molecule has 0 spiro atoms. The zero-order valence-corrected chi connectivity index (χ0v) is 11.5. The van der Waals surface area contributed by atoms with Gasteiger partial charge in [0.15, 0.2) is 0 Å². The monoisotopic (exact) mass is 299 g/mol. The quantitative estimate of drug-likeness (QED) is 0.822. The molecule has 0 aliphatic heterocycles. The average molecular weight is 300 g/mol. The van der Waals surface area contributed by atoms with Crippen molar-refractivity contribution >= 4 is 23.4 Å². The number of hydrogen-bond acceptors (Lipinski definition) is 2. The Labute approximate surface area is 119 Å². The largest absolute Gasteiger partial charge is 0.326 e. The van der Waals surface area contributed by atoms with E-state index in [-0.39, 0.29) is 0 Å². The second-order valence-corrected chi connectivity index (χ2v) is 5.38. The van der Waals surface area contributed by atoms with Gasteiger partial charge in [-0.25, -0.2) is 0 Å². The normalized spacial score (nSPS) is 11.0. The molecule has 0 aromatic heterocycles. The van der Waals surface area contributed by atoms with Gasteiger partial charge in [0, 0.05) is 16.5 Å². The number of hydrogen-bond donors (Lipinski definition) is 1. The Morgan fingerprint density at radius 1 is 1.05 bits per heavy atom. The fraction of sp³-hybridized carbons (Fsp3) is 0.143. The molecule has 19 heavy (non-hydrogen) atoms. The van der Waals surface area contributed by atoms with Crippen molar-refractivity contribution in [1.29, 1.82) is 0 Å². The minimum atomic E-state index is -2.40. The summed E-state index contributed by atoms with van der Waals surface area (Å²) in [6.45, 7) is 0.392. The number of benzene rings is 2. The molecule has 2 rings (SSSR count). The van der Waals surface area contributed by atoms with E-state index in [1.54, 1.807) is 24.3 Å². The van der Waals surface area contributed by atoms with Crippen LogP contribution in [0.25, 0.3) is 11.1 Å². The van der Waals surface area contributed by atoms with Crippen LogP contribution in [0.1, 0.15) is 5.56 Å². The molecule has 2 aromatic rings. The van der Waals surface area contributed by atoms with E-state index in [1.165, 1.54) is 0 Å². The van der Waals surface area contributed by atoms with Crippen molar-refractivity contribution < 1.29 is 8.78 Å². The first kappa shape index (κ1) is 14.3. The second kappa shape index (κ2) is 6.37. The molecule has 0 saturated carbocycles. The number of halogens is 3. The van der Waals surface area contributed by atoms with Gasteiger partial charge in [-0.1, -0.05) is 47.6 Å². The van der Waals surface area contributed by atoms with E-state index in [0.717, 1.165) is 16.7 Å². The molecule has 0 aliphatic rings. The number of alkyl halides is 2. The van der Waals surface area contributed by atoms with Crippen molar-refractivity contribution in [1.82, 2.24) is 0 Å². The molecule has 0 unspecified atom stereocenters. The number of rotatable bonds is 4. The molecule has 5 heteroatoms. The highest BCUT2D eigenvalue weighted by atomic mass is 35.5. The zero-order chi connectivity index (χ0) is 13.8. The summed E-state index contributed by atoms with van der Waals surface area (Å²) in [5.74, 6) is -2.40. The van der Waals surface area contributed by atoms with Gasteiger partial charge in [-0.15, -0.1) is 0 Å². The molecule has 1 nitrogen and oxygen atoms in total. The lowest BCUT2D eigenvalue weighted by molar-refractivity contribution is 0.252. The maximum atomic E-state index is 12.2. The van der Waals surface area contributed by atoms with Gasteiger partial charge in [0.25, 0.3) is 5.76 Å². The minimum absolute atomic E-state index is 0.392. The molecule has 2 aromatic carbocycles. The Hall–Kier alpha value is -1.10. The molecule has 0 radical (unpaired) electrons. The maximum Gasteiger partial charge on any atom is 0.288 e. The Morgan fingerprint density at radius 2 is 1.68 bits per heavy atom. The van der Waals surface area contributed by atoms with Gasteiger partial charge >= 0.3 is 0 Å². The summed E-state index contributed by atoms with van der Waals surface area (Å²) in [5.41, 5.74) is 8.31. The van der Waals surface area contributed by atoms with Gasteiger partial charge in [-0.2, -0.15) is 8.78 Å². The Kier molecular flexibility index (Phi) is 4.80. The van der Waals surface area contributed by atoms with Crippen molar-refractivity contribution in [3.8, 4) is 11.1 Å². The predicted octanol–water partition coefficient (Wildman–Crippen LogP) is 4.78. The maximum absolute atomic E-state index is 12.2. The molecule has 0 amide bonds. The predicted molar refractivity (Wildman–Crippen MR) is 76.6 cm³/mol. The van der Waals surface area contributed by atoms with Gasteiger partial charge in [-0.3, -0.25) is 0 Å². The van der Waals surface area contributed by atoms with Crippen molar-refractivity contribution in [2.75, 3.05) is 0 Å². The van der Waals surface area contributed by atoms with E-state index in [0.29, 0.717) is 28.2 Å². The van der Waals surface area contributed by atoms with Gasteiger partial charge in [0.2, 0.25) is 0 Å². The highest BCUT2D eigenvalue weighted by molar-refractivity contribution is 7.99. The molecule has 0 atom stereocenters. The third-order valence-electron chi connectivity index (χ3n) is 2.69. The van der Waals surface area contributed by atoms with Crippen LogP contribution < -0.4 is 5.73 Å². The Bertz CT molecular complexity index is 558. The van der Waals surface area contributed by atoms with Gasteiger partial charge < -0.3 is 5.73 Å². The summed E-state index contributed by atoms with van der Waals surface area (Å²) in [4.78, 5) is 0.545. The molecule has 0 saturated heterocycles. The first-order chi connectivity index (χ1) is 9.10. The van der Waals surface area contributed by atoms with Gasteiger partial charge in [0.05, 0.1) is 0 Å². The lowest BCUT2D eigenvalue weighted by Crippen LogP contribution is -1.96. The standard InChI is InChI=1S/C14H12ClF2NS/c15-13-7-10(1-2-11(13)8-18)9-3-5-12(6-4-9)19-14(16)17/h1-7,14H,8,18H2. The topological polar surface area (TPSA) is 26.0 Å². The van der Waals surface area contributed by atoms with Crippen LogP contribution in [0.2, 0.25) is 5.02 Å². The number of thioether (sulfide) groups is 1. The Morgan fingerprint density at radius 3 is 2.21 bits per heavy atom. The summed E-state index contributed by atoms with van der Waals surface area (Å²) in [6.07, 6.45) is 0. The summed E-state index contributed by atoms with van der Waals surface area (Å²) in [5, 5.41) is 0.617. The fourth-order valence-corrected chi connectivity index (χ4v) is 2.48. The molecular formula is C14H12ClF2NS. The van der Waals surface area contributed by atoms with Crippen molar-refractivity contribution in [3.05, 3.63) is 53.1 Å². The highest BCUT2D eigenvalue weighted by Gasteiger charge is 2.06. The van der Waals surface area contributed by atoms with Crippen LogP contribution in [0.5, 0.6) is 0 Å². The van der Waals surface area contributed by atoms with Crippen LogP contribution in [0.15, 0.2) is 47.4 Å². The van der Waals surface area contributed by atoms with Crippen molar-refractivity contribution in [2.45, 2.75) is 17.2 Å². The summed E-state index contributed by atoms with van der Waals surface area (Å²) in [6, 6.07) is 12.6. The SMILES string of the molecule is NCc1ccc(-c2ccc(SC(F)F)cc2)cc1Cl. The van der Waals surface area contributed by atoms with Crippen LogP contribution in [0.3, 0.4) is 0 Å². The first-order valence-electron chi connectivity index (χ1n) is 5.64. The van der Waals surface area contributed by atoms with E-state index in [4.69, 9.17) is 17.3 Å². The van der Waals surface area contributed by atoms with Crippen LogP contribution in [-0.2, 0) is 6.54 Å². The molecule has 0 bridgehead atoms. The summed E-state index contributed by atoms with van der Waals surface area (Å²) < 4.78 is 24.4. The van der Waals surface area contributed by atoms with Crippen LogP contribution in [0.4, 0.5) is 8.78 Å². The minimum Gasteiger partial charge on any atom is -0.326 e. The smallest absolute Gasteiger partial charge is 0.288 e. The fourth-order valence-electron chi connectivity index (χ4n) is 1.72. The second-order valence-electron chi connectivity index (χ2n) is 3.91. The summed E-state index contributed by atoms with van der Waals surface area (Å²) in [7, 11) is 0. The molecular weight excluding hydrogens is 288 g/mol. The van der Waals surface area contributed by atoms with Crippen molar-refractivity contribution in [3.63, 3.8) is 0 Å². The van der Waals surface area contributed by atoms with E-state index < -0.39 is 5.76 Å². The van der Waals surface area contributed by atoms with Crippen LogP contribution in [0, 0.1) is 0 Å². The highest BCUT2D eigenvalue weighted by Crippen LogP contribution is 2.29. The number of nitrogens with two attached hydrogens (primary N) is 1. The lowest BCUT2D eigenvalue weighted by Gasteiger charge is -2.07. The molecule has 0 heterocycles. The zero-order valence-electron chi connectivity index (χ0n) is 9.95. The average Bonchev–Trinajstić information content (AvgIpc) is 2.39. The summed E-state index contributed by atoms with van der Waals surface area (Å²) >= 11 is 6.63. The molecule has 2 N–H and O–H groups in total. The van der Waals surface area contributed by atoms with Crippen LogP contribution in [-0.4, -0.2) is 5.76 Å². The van der Waals surface area contributed by atoms with E-state index >= 15 is 0 Å². The van der Waals surface area contributed by atoms with E-state index in [2.05, 4.69) is 0 Å². The molecule has 0 fully saturated rings. The molecule has 100 valence electrons. The lowest BCUT2D eigenvalue weighted by atomic mass is 10.0. The van der Waals surface area contributed by atoms with Crippen molar-refractivity contribution in [2.24, 2.45) is 5.73 Å². The van der Waals surface area contributed by atoms with Gasteiger partial charge in [-0.05, 0) is 34.9 Å². The van der Waals surface area contributed by atoms with Crippen LogP contribution >= 0.6 is 23.4 Å². The first-order valence-corrected chi connectivity index (χ1v) is 6.89. The Balaban J connectivity index is 2.24.